The van der Waals surface area contributed by atoms with Crippen molar-refractivity contribution in [2.75, 3.05) is 6.54 Å². The van der Waals surface area contributed by atoms with Gasteiger partial charge >= 0.3 is 5.97 Å². The Labute approximate surface area is 116 Å². The van der Waals surface area contributed by atoms with E-state index in [-0.39, 0.29) is 13.0 Å². The highest BCUT2D eigenvalue weighted by Gasteiger charge is 2.39. The van der Waals surface area contributed by atoms with Crippen LogP contribution in [0.2, 0.25) is 0 Å². The van der Waals surface area contributed by atoms with Crippen LogP contribution in [0.15, 0.2) is 48.7 Å². The number of nitrogens with zero attached hydrogens (tertiary/aromatic N) is 1. The maximum Gasteiger partial charge on any atom is 0.315 e. The maximum atomic E-state index is 13.0. The van der Waals surface area contributed by atoms with Gasteiger partial charge in [-0.2, -0.15) is 0 Å². The molecule has 1 aromatic carbocycles. The highest BCUT2D eigenvalue weighted by Crippen LogP contribution is 2.28. The molecule has 5 heteroatoms. The van der Waals surface area contributed by atoms with E-state index in [2.05, 4.69) is 4.98 Å². The lowest BCUT2D eigenvalue weighted by Gasteiger charge is -2.28. The highest BCUT2D eigenvalue weighted by atomic mass is 19.1. The number of halogens is 1. The molecule has 104 valence electrons. The summed E-state index contributed by atoms with van der Waals surface area (Å²) in [6.07, 6.45) is 1.76. The van der Waals surface area contributed by atoms with Crippen LogP contribution in [0.1, 0.15) is 11.3 Å². The van der Waals surface area contributed by atoms with Gasteiger partial charge in [0.15, 0.2) is 0 Å². The monoisotopic (exact) mass is 274 g/mol. The second-order valence-electron chi connectivity index (χ2n) is 4.60. The summed E-state index contributed by atoms with van der Waals surface area (Å²) in [5.74, 6) is -1.46. The Morgan fingerprint density at radius 1 is 1.25 bits per heavy atom. The number of aromatic nitrogens is 1. The first-order chi connectivity index (χ1) is 9.58. The lowest BCUT2D eigenvalue weighted by atomic mass is 9.76. The Morgan fingerprint density at radius 3 is 2.45 bits per heavy atom. The maximum absolute atomic E-state index is 13.0. The summed E-state index contributed by atoms with van der Waals surface area (Å²) in [6, 6.07) is 10.7. The second-order valence-corrected chi connectivity index (χ2v) is 4.60. The molecule has 4 nitrogen and oxygen atoms in total. The zero-order valence-electron chi connectivity index (χ0n) is 10.8. The second kappa shape index (κ2) is 5.79. The molecule has 0 aliphatic heterocycles. The van der Waals surface area contributed by atoms with Crippen LogP contribution in [0.5, 0.6) is 0 Å². The van der Waals surface area contributed by atoms with Crippen molar-refractivity contribution in [3.05, 3.63) is 65.7 Å². The lowest BCUT2D eigenvalue weighted by molar-refractivity contribution is -0.143. The lowest BCUT2D eigenvalue weighted by Crippen LogP contribution is -2.45. The first kappa shape index (κ1) is 14.1. The largest absolute Gasteiger partial charge is 0.481 e. The summed E-state index contributed by atoms with van der Waals surface area (Å²) in [7, 11) is 0. The Hall–Kier alpha value is -2.27. The SMILES string of the molecule is NCC(Cc1ccccn1)(C(=O)O)c1ccc(F)cc1. The fourth-order valence-corrected chi connectivity index (χ4v) is 2.16. The van der Waals surface area contributed by atoms with Crippen molar-refractivity contribution < 1.29 is 14.3 Å². The van der Waals surface area contributed by atoms with E-state index in [0.717, 1.165) is 0 Å². The van der Waals surface area contributed by atoms with E-state index in [1.54, 1.807) is 24.4 Å². The van der Waals surface area contributed by atoms with Gasteiger partial charge in [0.05, 0.1) is 0 Å². The summed E-state index contributed by atoms with van der Waals surface area (Å²) in [5.41, 5.74) is 5.52. The fourth-order valence-electron chi connectivity index (χ4n) is 2.16. The quantitative estimate of drug-likeness (QED) is 0.870. The molecular weight excluding hydrogens is 259 g/mol. The molecule has 0 aliphatic rings. The topological polar surface area (TPSA) is 76.2 Å². The van der Waals surface area contributed by atoms with Crippen LogP contribution < -0.4 is 5.73 Å². The minimum atomic E-state index is -1.30. The molecule has 0 saturated heterocycles. The van der Waals surface area contributed by atoms with Crippen molar-refractivity contribution >= 4 is 5.97 Å². The van der Waals surface area contributed by atoms with Gasteiger partial charge in [-0.1, -0.05) is 18.2 Å². The van der Waals surface area contributed by atoms with E-state index >= 15 is 0 Å². The summed E-state index contributed by atoms with van der Waals surface area (Å²) in [6.45, 7) is -0.0927. The highest BCUT2D eigenvalue weighted by molar-refractivity contribution is 5.82. The number of rotatable bonds is 5. The summed E-state index contributed by atoms with van der Waals surface area (Å²) in [4.78, 5) is 15.9. The van der Waals surface area contributed by atoms with Gasteiger partial charge in [0.2, 0.25) is 0 Å². The average Bonchev–Trinajstić information content (AvgIpc) is 2.46. The van der Waals surface area contributed by atoms with Crippen molar-refractivity contribution in [3.63, 3.8) is 0 Å². The summed E-state index contributed by atoms with van der Waals surface area (Å²) >= 11 is 0. The average molecular weight is 274 g/mol. The van der Waals surface area contributed by atoms with Crippen LogP contribution in [0.4, 0.5) is 4.39 Å². The van der Waals surface area contributed by atoms with Crippen LogP contribution in [0.25, 0.3) is 0 Å². The Morgan fingerprint density at radius 2 is 1.95 bits per heavy atom. The molecule has 0 saturated carbocycles. The van der Waals surface area contributed by atoms with E-state index in [9.17, 15) is 14.3 Å². The number of benzene rings is 1. The van der Waals surface area contributed by atoms with Gasteiger partial charge in [-0.3, -0.25) is 9.78 Å². The first-order valence-electron chi connectivity index (χ1n) is 6.18. The fraction of sp³-hybridized carbons (Fsp3) is 0.200. The van der Waals surface area contributed by atoms with E-state index in [4.69, 9.17) is 5.73 Å². The number of nitrogens with two attached hydrogens (primary N) is 1. The molecule has 0 amide bonds. The van der Waals surface area contributed by atoms with Gasteiger partial charge < -0.3 is 10.8 Å². The molecule has 0 spiro atoms. The number of carbonyl (C=O) groups is 1. The minimum Gasteiger partial charge on any atom is -0.481 e. The van der Waals surface area contributed by atoms with Gasteiger partial charge in [-0.05, 0) is 29.8 Å². The van der Waals surface area contributed by atoms with Crippen LogP contribution >= 0.6 is 0 Å². The molecule has 3 N–H and O–H groups in total. The van der Waals surface area contributed by atoms with Crippen molar-refractivity contribution in [1.29, 1.82) is 0 Å². The number of hydrogen-bond acceptors (Lipinski definition) is 3. The van der Waals surface area contributed by atoms with Crippen molar-refractivity contribution in [2.45, 2.75) is 11.8 Å². The number of hydrogen-bond donors (Lipinski definition) is 2. The number of pyridine rings is 1. The molecule has 0 radical (unpaired) electrons. The van der Waals surface area contributed by atoms with Gasteiger partial charge in [0.1, 0.15) is 11.2 Å². The van der Waals surface area contributed by atoms with Crippen LogP contribution in [0.3, 0.4) is 0 Å². The van der Waals surface area contributed by atoms with Crippen LogP contribution in [-0.4, -0.2) is 22.6 Å². The van der Waals surface area contributed by atoms with E-state index in [1.165, 1.54) is 24.3 Å². The molecule has 0 fully saturated rings. The molecule has 1 atom stereocenters. The van der Waals surface area contributed by atoms with E-state index in [0.29, 0.717) is 11.3 Å². The summed E-state index contributed by atoms with van der Waals surface area (Å²) in [5, 5.41) is 9.61. The predicted molar refractivity (Wildman–Crippen MR) is 72.7 cm³/mol. The zero-order valence-corrected chi connectivity index (χ0v) is 10.8. The molecule has 2 rings (SSSR count). The van der Waals surface area contributed by atoms with Gasteiger partial charge in [0, 0.05) is 24.9 Å². The van der Waals surface area contributed by atoms with E-state index < -0.39 is 17.2 Å². The Kier molecular flexibility index (Phi) is 4.10. The van der Waals surface area contributed by atoms with Gasteiger partial charge in [-0.15, -0.1) is 0 Å². The summed E-state index contributed by atoms with van der Waals surface area (Å²) < 4.78 is 13.0. The minimum absolute atomic E-state index is 0.0927. The van der Waals surface area contributed by atoms with Crippen molar-refractivity contribution in [3.8, 4) is 0 Å². The molecule has 0 aliphatic carbocycles. The van der Waals surface area contributed by atoms with Crippen molar-refractivity contribution in [2.24, 2.45) is 5.73 Å². The number of carboxylic acid groups (broad SMARTS) is 1. The molecule has 1 unspecified atom stereocenters. The smallest absolute Gasteiger partial charge is 0.315 e. The molecule has 20 heavy (non-hydrogen) atoms. The number of aliphatic carboxylic acids is 1. The number of carboxylic acids is 1. The molecule has 1 aromatic heterocycles. The third-order valence-electron chi connectivity index (χ3n) is 3.36. The third kappa shape index (κ3) is 2.67. The Balaban J connectivity index is 2.45. The van der Waals surface area contributed by atoms with Gasteiger partial charge in [-0.25, -0.2) is 4.39 Å². The normalized spacial score (nSPS) is 13.7. The van der Waals surface area contributed by atoms with Crippen LogP contribution in [0, 0.1) is 5.82 Å². The molecule has 1 heterocycles. The van der Waals surface area contributed by atoms with Crippen molar-refractivity contribution in [1.82, 2.24) is 4.98 Å². The van der Waals surface area contributed by atoms with Gasteiger partial charge in [0.25, 0.3) is 0 Å². The first-order valence-corrected chi connectivity index (χ1v) is 6.18. The Bertz CT molecular complexity index is 587. The predicted octanol–water partition coefficient (Wildman–Crippen LogP) is 1.74. The van der Waals surface area contributed by atoms with E-state index in [1.807, 2.05) is 0 Å². The standard InChI is InChI=1S/C15H15FN2O2/c16-12-6-4-11(5-7-12)15(10-17,14(19)20)9-13-3-1-2-8-18-13/h1-8H,9-10,17H2,(H,19,20). The molecular formula is C15H15FN2O2. The molecule has 2 aromatic rings. The zero-order chi connectivity index (χ0) is 14.6. The van der Waals surface area contributed by atoms with Crippen LogP contribution in [-0.2, 0) is 16.6 Å². The third-order valence-corrected chi connectivity index (χ3v) is 3.36. The molecule has 0 bridgehead atoms.